The fraction of sp³-hybridized carbons (Fsp3) is 0.938. The highest BCUT2D eigenvalue weighted by Crippen LogP contribution is 2.17. The second-order valence-electron chi connectivity index (χ2n) is 5.74. The van der Waals surface area contributed by atoms with Crippen molar-refractivity contribution in [3.8, 4) is 0 Å². The smallest absolute Gasteiger partial charge is 0.169 e. The molecule has 0 bridgehead atoms. The molecule has 1 aliphatic rings. The highest BCUT2D eigenvalue weighted by molar-refractivity contribution is 7.80. The van der Waals surface area contributed by atoms with Crippen LogP contribution in [-0.2, 0) is 0 Å². The zero-order valence-corrected chi connectivity index (χ0v) is 14.5. The minimum atomic E-state index is 0.619. The summed E-state index contributed by atoms with van der Waals surface area (Å²) in [6.45, 7) is 12.2. The largest absolute Gasteiger partial charge is 0.360 e. The van der Waals surface area contributed by atoms with Crippen LogP contribution < -0.4 is 5.32 Å². The van der Waals surface area contributed by atoms with Crippen molar-refractivity contribution in [1.29, 1.82) is 0 Å². The lowest BCUT2D eigenvalue weighted by molar-refractivity contribution is 0.281. The van der Waals surface area contributed by atoms with Gasteiger partial charge < -0.3 is 15.1 Å². The van der Waals surface area contributed by atoms with E-state index < -0.39 is 0 Å². The number of rotatable bonds is 8. The van der Waals surface area contributed by atoms with Crippen molar-refractivity contribution in [2.24, 2.45) is 0 Å². The van der Waals surface area contributed by atoms with Gasteiger partial charge in [0.15, 0.2) is 5.11 Å². The molecule has 0 aliphatic heterocycles. The normalized spacial score (nSPS) is 16.4. The van der Waals surface area contributed by atoms with Gasteiger partial charge in [-0.15, -0.1) is 0 Å². The molecule has 1 aliphatic carbocycles. The second kappa shape index (κ2) is 10.4. The zero-order chi connectivity index (χ0) is 14.8. The maximum absolute atomic E-state index is 5.59. The van der Waals surface area contributed by atoms with Crippen molar-refractivity contribution in [3.05, 3.63) is 0 Å². The molecule has 0 radical (unpaired) electrons. The fourth-order valence-electron chi connectivity index (χ4n) is 2.94. The molecule has 4 heteroatoms. The Balaban J connectivity index is 2.27. The number of thiocarbonyl (C=S) groups is 1. The van der Waals surface area contributed by atoms with Crippen molar-refractivity contribution in [2.75, 3.05) is 32.7 Å². The molecule has 0 aromatic heterocycles. The van der Waals surface area contributed by atoms with Gasteiger partial charge in [-0.1, -0.05) is 33.1 Å². The molecule has 0 unspecified atom stereocenters. The van der Waals surface area contributed by atoms with Crippen LogP contribution in [0.4, 0.5) is 0 Å². The van der Waals surface area contributed by atoms with E-state index in [1.807, 2.05) is 0 Å². The Morgan fingerprint density at radius 3 is 2.20 bits per heavy atom. The van der Waals surface area contributed by atoms with E-state index in [1.54, 1.807) is 0 Å². The summed E-state index contributed by atoms with van der Waals surface area (Å²) in [5.74, 6) is 0. The van der Waals surface area contributed by atoms with Gasteiger partial charge in [-0.25, -0.2) is 0 Å². The lowest BCUT2D eigenvalue weighted by Gasteiger charge is -2.30. The summed E-state index contributed by atoms with van der Waals surface area (Å²) in [6, 6.07) is 0.619. The van der Waals surface area contributed by atoms with Crippen LogP contribution in [0.2, 0.25) is 0 Å². The van der Waals surface area contributed by atoms with E-state index in [4.69, 9.17) is 12.2 Å². The molecule has 1 N–H and O–H groups in total. The molecule has 0 atom stereocenters. The molecule has 3 nitrogen and oxygen atoms in total. The summed E-state index contributed by atoms with van der Waals surface area (Å²) in [4.78, 5) is 4.80. The van der Waals surface area contributed by atoms with E-state index in [0.29, 0.717) is 6.04 Å². The van der Waals surface area contributed by atoms with Gasteiger partial charge in [0.2, 0.25) is 0 Å². The Morgan fingerprint density at radius 2 is 1.65 bits per heavy atom. The van der Waals surface area contributed by atoms with Crippen LogP contribution in [0, 0.1) is 0 Å². The fourth-order valence-corrected chi connectivity index (χ4v) is 3.33. The summed E-state index contributed by atoms with van der Waals surface area (Å²) in [5, 5.41) is 4.55. The molecule has 1 saturated carbocycles. The lowest BCUT2D eigenvalue weighted by Crippen LogP contribution is -2.46. The summed E-state index contributed by atoms with van der Waals surface area (Å²) in [6.07, 6.45) is 7.88. The summed E-state index contributed by atoms with van der Waals surface area (Å²) >= 11 is 5.59. The van der Waals surface area contributed by atoms with Crippen molar-refractivity contribution in [2.45, 2.75) is 65.3 Å². The summed E-state index contributed by atoms with van der Waals surface area (Å²) in [5.41, 5.74) is 0. The number of hydrogen-bond acceptors (Lipinski definition) is 2. The first-order valence-corrected chi connectivity index (χ1v) is 8.89. The van der Waals surface area contributed by atoms with Crippen LogP contribution in [0.1, 0.15) is 59.3 Å². The van der Waals surface area contributed by atoms with Crippen molar-refractivity contribution in [1.82, 2.24) is 15.1 Å². The van der Waals surface area contributed by atoms with Crippen LogP contribution in [0.3, 0.4) is 0 Å². The van der Waals surface area contributed by atoms with Crippen molar-refractivity contribution < 1.29 is 0 Å². The average Bonchev–Trinajstić information content (AvgIpc) is 2.48. The molecule has 0 spiro atoms. The van der Waals surface area contributed by atoms with Gasteiger partial charge in [-0.05, 0) is 58.0 Å². The Kier molecular flexibility index (Phi) is 9.19. The molecule has 0 aromatic rings. The molecule has 20 heavy (non-hydrogen) atoms. The number of nitrogens with one attached hydrogen (secondary N) is 1. The first-order chi connectivity index (χ1) is 9.71. The Labute approximate surface area is 131 Å². The minimum absolute atomic E-state index is 0.619. The third-order valence-corrected chi connectivity index (χ3v) is 4.77. The predicted octanol–water partition coefficient (Wildman–Crippen LogP) is 3.25. The summed E-state index contributed by atoms with van der Waals surface area (Å²) < 4.78 is 0. The maximum Gasteiger partial charge on any atom is 0.169 e. The third-order valence-electron chi connectivity index (χ3n) is 4.40. The first-order valence-electron chi connectivity index (χ1n) is 8.49. The lowest BCUT2D eigenvalue weighted by atomic mass is 9.96. The van der Waals surface area contributed by atoms with Gasteiger partial charge in [0, 0.05) is 19.1 Å². The molecule has 118 valence electrons. The molecule has 1 rings (SSSR count). The van der Waals surface area contributed by atoms with Crippen LogP contribution in [0.25, 0.3) is 0 Å². The highest BCUT2D eigenvalue weighted by atomic mass is 32.1. The Morgan fingerprint density at radius 1 is 1.00 bits per heavy atom. The molecule has 0 heterocycles. The van der Waals surface area contributed by atoms with E-state index in [1.165, 1.54) is 45.1 Å². The first kappa shape index (κ1) is 17.7. The minimum Gasteiger partial charge on any atom is -0.360 e. The Bertz CT molecular complexity index is 260. The van der Waals surface area contributed by atoms with Crippen molar-refractivity contribution >= 4 is 17.3 Å². The summed E-state index contributed by atoms with van der Waals surface area (Å²) in [7, 11) is 0. The zero-order valence-electron chi connectivity index (χ0n) is 13.7. The van der Waals surface area contributed by atoms with Gasteiger partial charge in [0.1, 0.15) is 0 Å². The molecule has 0 aromatic carbocycles. The second-order valence-corrected chi connectivity index (χ2v) is 6.13. The standard InChI is InChI=1S/C16H33N3S/c1-4-18(5-2)13-10-14-19(6-3)16(20)17-15-11-8-7-9-12-15/h15H,4-14H2,1-3H3,(H,17,20). The monoisotopic (exact) mass is 299 g/mol. The topological polar surface area (TPSA) is 18.5 Å². The third kappa shape index (κ3) is 6.40. The van der Waals surface area contributed by atoms with Gasteiger partial charge in [0.25, 0.3) is 0 Å². The van der Waals surface area contributed by atoms with Crippen LogP contribution in [-0.4, -0.2) is 53.7 Å². The molecule has 0 amide bonds. The number of nitrogens with zero attached hydrogens (tertiary/aromatic N) is 2. The van der Waals surface area contributed by atoms with Gasteiger partial charge in [-0.3, -0.25) is 0 Å². The predicted molar refractivity (Wildman–Crippen MR) is 92.3 cm³/mol. The van der Waals surface area contributed by atoms with Crippen LogP contribution >= 0.6 is 12.2 Å². The maximum atomic E-state index is 5.59. The van der Waals surface area contributed by atoms with E-state index >= 15 is 0 Å². The van der Waals surface area contributed by atoms with Gasteiger partial charge in [0.05, 0.1) is 0 Å². The van der Waals surface area contributed by atoms with Crippen LogP contribution in [0.15, 0.2) is 0 Å². The van der Waals surface area contributed by atoms with E-state index in [9.17, 15) is 0 Å². The Hall–Kier alpha value is -0.350. The molecule has 0 saturated heterocycles. The molecule has 1 fully saturated rings. The van der Waals surface area contributed by atoms with Crippen LogP contribution in [0.5, 0.6) is 0 Å². The molecular formula is C16H33N3S. The van der Waals surface area contributed by atoms with E-state index in [-0.39, 0.29) is 0 Å². The van der Waals surface area contributed by atoms with E-state index in [2.05, 4.69) is 35.9 Å². The SMILES string of the molecule is CCN(CC)CCCN(CC)C(=S)NC1CCCCC1. The quantitative estimate of drug-likeness (QED) is 0.693. The van der Waals surface area contributed by atoms with Crippen molar-refractivity contribution in [3.63, 3.8) is 0 Å². The van der Waals surface area contributed by atoms with E-state index in [0.717, 1.165) is 31.3 Å². The average molecular weight is 300 g/mol. The number of hydrogen-bond donors (Lipinski definition) is 1. The van der Waals surface area contributed by atoms with Gasteiger partial charge >= 0.3 is 0 Å². The molecular weight excluding hydrogens is 266 g/mol. The highest BCUT2D eigenvalue weighted by Gasteiger charge is 2.16. The van der Waals surface area contributed by atoms with Gasteiger partial charge in [-0.2, -0.15) is 0 Å².